The van der Waals surface area contributed by atoms with Crippen LogP contribution in [0.3, 0.4) is 0 Å². The summed E-state index contributed by atoms with van der Waals surface area (Å²) in [7, 11) is 1.69. The summed E-state index contributed by atoms with van der Waals surface area (Å²) in [6, 6.07) is 0. The SMILES string of the molecule is Cn1nc(C2C[C@@H]3C[C@@H]3C2)c(F)c1N. The fraction of sp³-hybridized carbons (Fsp3) is 0.700. The molecule has 0 spiro atoms. The van der Waals surface area contributed by atoms with E-state index in [9.17, 15) is 4.39 Å². The Kier molecular flexibility index (Phi) is 1.47. The molecule has 2 N–H and O–H groups in total. The molecule has 3 atom stereocenters. The molecule has 1 heterocycles. The smallest absolute Gasteiger partial charge is 0.188 e. The molecule has 1 aromatic rings. The number of anilines is 1. The second-order valence-corrected chi connectivity index (χ2v) is 4.63. The number of nitrogen functional groups attached to an aromatic ring is 1. The summed E-state index contributed by atoms with van der Waals surface area (Å²) in [6.45, 7) is 0. The Labute approximate surface area is 82.1 Å². The van der Waals surface area contributed by atoms with Gasteiger partial charge in [-0.15, -0.1) is 0 Å². The maximum Gasteiger partial charge on any atom is 0.188 e. The molecule has 4 heteroatoms. The number of nitrogens with zero attached hydrogens (tertiary/aromatic N) is 2. The second-order valence-electron chi connectivity index (χ2n) is 4.63. The van der Waals surface area contributed by atoms with E-state index in [2.05, 4.69) is 5.10 Å². The van der Waals surface area contributed by atoms with Crippen molar-refractivity contribution in [1.29, 1.82) is 0 Å². The van der Waals surface area contributed by atoms with Crippen molar-refractivity contribution in [2.45, 2.75) is 25.2 Å². The van der Waals surface area contributed by atoms with Crippen LogP contribution in [0, 0.1) is 17.7 Å². The Hall–Kier alpha value is -1.06. The van der Waals surface area contributed by atoms with Gasteiger partial charge in [-0.2, -0.15) is 5.10 Å². The van der Waals surface area contributed by atoms with Crippen LogP contribution in [-0.4, -0.2) is 9.78 Å². The average molecular weight is 195 g/mol. The van der Waals surface area contributed by atoms with Crippen molar-refractivity contribution in [3.63, 3.8) is 0 Å². The summed E-state index contributed by atoms with van der Waals surface area (Å²) in [4.78, 5) is 0. The number of nitrogens with two attached hydrogens (primary N) is 1. The van der Waals surface area contributed by atoms with Crippen LogP contribution in [-0.2, 0) is 7.05 Å². The van der Waals surface area contributed by atoms with Gasteiger partial charge >= 0.3 is 0 Å². The van der Waals surface area contributed by atoms with Crippen molar-refractivity contribution in [3.8, 4) is 0 Å². The second kappa shape index (κ2) is 2.49. The van der Waals surface area contributed by atoms with Gasteiger partial charge in [0.05, 0.1) is 0 Å². The largest absolute Gasteiger partial charge is 0.381 e. The number of aryl methyl sites for hydroxylation is 1. The molecule has 76 valence electrons. The summed E-state index contributed by atoms with van der Waals surface area (Å²) in [6.07, 6.45) is 3.57. The summed E-state index contributed by atoms with van der Waals surface area (Å²) in [5.74, 6) is 1.90. The fourth-order valence-corrected chi connectivity index (χ4v) is 2.73. The maximum absolute atomic E-state index is 13.6. The highest BCUT2D eigenvalue weighted by atomic mass is 19.1. The van der Waals surface area contributed by atoms with E-state index in [0.717, 1.165) is 24.7 Å². The normalized spacial score (nSPS) is 34.6. The van der Waals surface area contributed by atoms with Crippen molar-refractivity contribution < 1.29 is 4.39 Å². The van der Waals surface area contributed by atoms with Gasteiger partial charge in [-0.3, -0.25) is 4.68 Å². The summed E-state index contributed by atoms with van der Waals surface area (Å²) in [5, 5.41) is 4.16. The molecule has 2 aliphatic carbocycles. The zero-order valence-electron chi connectivity index (χ0n) is 8.20. The lowest BCUT2D eigenvalue weighted by molar-refractivity contribution is 0.545. The van der Waals surface area contributed by atoms with Gasteiger partial charge < -0.3 is 5.73 Å². The number of halogens is 1. The van der Waals surface area contributed by atoms with Crippen LogP contribution in [0.25, 0.3) is 0 Å². The highest BCUT2D eigenvalue weighted by molar-refractivity contribution is 5.35. The maximum atomic E-state index is 13.6. The van der Waals surface area contributed by atoms with Crippen molar-refractivity contribution >= 4 is 5.82 Å². The predicted octanol–water partition coefficient (Wildman–Crippen LogP) is 1.65. The molecular formula is C10H14FN3. The predicted molar refractivity (Wildman–Crippen MR) is 51.2 cm³/mol. The third-order valence-corrected chi connectivity index (χ3v) is 3.69. The summed E-state index contributed by atoms with van der Waals surface area (Å²) < 4.78 is 15.0. The molecule has 3 rings (SSSR count). The van der Waals surface area contributed by atoms with Crippen molar-refractivity contribution in [3.05, 3.63) is 11.5 Å². The zero-order valence-corrected chi connectivity index (χ0v) is 8.20. The molecule has 0 radical (unpaired) electrons. The van der Waals surface area contributed by atoms with Gasteiger partial charge in [0.1, 0.15) is 5.69 Å². The quantitative estimate of drug-likeness (QED) is 0.740. The van der Waals surface area contributed by atoms with Gasteiger partial charge in [0.25, 0.3) is 0 Å². The highest BCUT2D eigenvalue weighted by Gasteiger charge is 2.47. The standard InChI is InChI=1S/C10H14FN3/c1-14-10(12)8(11)9(13-14)7-3-5-2-6(5)4-7/h5-7H,2-4,12H2,1H3/t5-,6+,7?. The van der Waals surface area contributed by atoms with Gasteiger partial charge in [-0.25, -0.2) is 4.39 Å². The molecule has 1 unspecified atom stereocenters. The number of rotatable bonds is 1. The van der Waals surface area contributed by atoms with E-state index >= 15 is 0 Å². The number of hydrogen-bond acceptors (Lipinski definition) is 2. The van der Waals surface area contributed by atoms with Crippen molar-refractivity contribution in [1.82, 2.24) is 9.78 Å². The fourth-order valence-electron chi connectivity index (χ4n) is 2.73. The minimum atomic E-state index is -0.293. The van der Waals surface area contributed by atoms with E-state index in [-0.39, 0.29) is 11.6 Å². The van der Waals surface area contributed by atoms with Crippen LogP contribution in [0.15, 0.2) is 0 Å². The van der Waals surface area contributed by atoms with Gasteiger partial charge in [0, 0.05) is 13.0 Å². The first-order valence-electron chi connectivity index (χ1n) is 5.14. The third-order valence-electron chi connectivity index (χ3n) is 3.69. The summed E-state index contributed by atoms with van der Waals surface area (Å²) in [5.41, 5.74) is 6.14. The average Bonchev–Trinajstić information content (AvgIpc) is 2.70. The first-order chi connectivity index (χ1) is 6.66. The van der Waals surface area contributed by atoms with Crippen LogP contribution in [0.4, 0.5) is 10.2 Å². The molecule has 2 fully saturated rings. The van der Waals surface area contributed by atoms with Crippen LogP contribution in [0.2, 0.25) is 0 Å². The van der Waals surface area contributed by atoms with Crippen molar-refractivity contribution in [2.24, 2.45) is 18.9 Å². The molecule has 0 aliphatic heterocycles. The van der Waals surface area contributed by atoms with Crippen LogP contribution >= 0.6 is 0 Å². The Morgan fingerprint density at radius 1 is 1.36 bits per heavy atom. The van der Waals surface area contributed by atoms with E-state index < -0.39 is 0 Å². The lowest BCUT2D eigenvalue weighted by atomic mass is 9.99. The Balaban J connectivity index is 1.92. The lowest BCUT2D eigenvalue weighted by Crippen LogP contribution is -2.00. The monoisotopic (exact) mass is 195 g/mol. The molecule has 3 nitrogen and oxygen atoms in total. The topological polar surface area (TPSA) is 43.8 Å². The highest BCUT2D eigenvalue weighted by Crippen LogP contribution is 2.57. The molecular weight excluding hydrogens is 181 g/mol. The third kappa shape index (κ3) is 0.996. The molecule has 1 aromatic heterocycles. The van der Waals surface area contributed by atoms with E-state index in [1.165, 1.54) is 11.1 Å². The first kappa shape index (κ1) is 8.26. The van der Waals surface area contributed by atoms with Gasteiger partial charge in [-0.05, 0) is 31.1 Å². The molecule has 14 heavy (non-hydrogen) atoms. The first-order valence-corrected chi connectivity index (χ1v) is 5.14. The number of fused-ring (bicyclic) bond motifs is 1. The van der Waals surface area contributed by atoms with Gasteiger partial charge in [-0.1, -0.05) is 0 Å². The zero-order chi connectivity index (χ0) is 9.87. The molecule has 0 bridgehead atoms. The van der Waals surface area contributed by atoms with E-state index in [1.807, 2.05) is 0 Å². The van der Waals surface area contributed by atoms with Crippen LogP contribution < -0.4 is 5.73 Å². The Morgan fingerprint density at radius 2 is 2.00 bits per heavy atom. The van der Waals surface area contributed by atoms with E-state index in [4.69, 9.17) is 5.73 Å². The Morgan fingerprint density at radius 3 is 2.50 bits per heavy atom. The minimum Gasteiger partial charge on any atom is -0.381 e. The van der Waals surface area contributed by atoms with E-state index in [1.54, 1.807) is 7.05 Å². The number of hydrogen-bond donors (Lipinski definition) is 1. The van der Waals surface area contributed by atoms with E-state index in [0.29, 0.717) is 11.6 Å². The van der Waals surface area contributed by atoms with Gasteiger partial charge in [0.15, 0.2) is 11.6 Å². The van der Waals surface area contributed by atoms with Crippen LogP contribution in [0.5, 0.6) is 0 Å². The molecule has 0 aromatic carbocycles. The van der Waals surface area contributed by atoms with Crippen molar-refractivity contribution in [2.75, 3.05) is 5.73 Å². The summed E-state index contributed by atoms with van der Waals surface area (Å²) >= 11 is 0. The molecule has 0 amide bonds. The molecule has 0 saturated heterocycles. The number of aromatic nitrogens is 2. The van der Waals surface area contributed by atoms with Gasteiger partial charge in [0.2, 0.25) is 0 Å². The Bertz CT molecular complexity index is 375. The lowest BCUT2D eigenvalue weighted by Gasteiger charge is -2.07. The minimum absolute atomic E-state index is 0.167. The molecule has 2 aliphatic rings. The van der Waals surface area contributed by atoms with Crippen LogP contribution in [0.1, 0.15) is 30.9 Å². The molecule has 2 saturated carbocycles.